The SMILES string of the molecule is Nc1cccc(Cl)c1-c1nc(-c2ccc(F)c(Br)c2)no1. The van der Waals surface area contributed by atoms with Crippen molar-refractivity contribution in [1.29, 1.82) is 0 Å². The van der Waals surface area contributed by atoms with E-state index in [4.69, 9.17) is 21.9 Å². The first-order chi connectivity index (χ1) is 10.1. The van der Waals surface area contributed by atoms with Crippen LogP contribution in [0.1, 0.15) is 0 Å². The molecule has 4 nitrogen and oxygen atoms in total. The summed E-state index contributed by atoms with van der Waals surface area (Å²) in [6, 6.07) is 9.56. The highest BCUT2D eigenvalue weighted by Gasteiger charge is 2.16. The second-order valence-electron chi connectivity index (χ2n) is 4.26. The molecule has 0 amide bonds. The Balaban J connectivity index is 2.06. The minimum atomic E-state index is -0.363. The largest absolute Gasteiger partial charge is 0.398 e. The molecular weight excluding hydrogens is 361 g/mol. The Morgan fingerprint density at radius 3 is 2.76 bits per heavy atom. The topological polar surface area (TPSA) is 64.9 Å². The van der Waals surface area contributed by atoms with Crippen LogP contribution in [0.3, 0.4) is 0 Å². The van der Waals surface area contributed by atoms with Gasteiger partial charge in [0.25, 0.3) is 5.89 Å². The number of nitrogens with zero attached hydrogens (tertiary/aromatic N) is 2. The van der Waals surface area contributed by atoms with Crippen LogP contribution < -0.4 is 5.73 Å². The van der Waals surface area contributed by atoms with Crippen molar-refractivity contribution in [3.8, 4) is 22.8 Å². The number of hydrogen-bond acceptors (Lipinski definition) is 4. The van der Waals surface area contributed by atoms with E-state index < -0.39 is 0 Å². The van der Waals surface area contributed by atoms with Crippen molar-refractivity contribution >= 4 is 33.2 Å². The summed E-state index contributed by atoms with van der Waals surface area (Å²) in [7, 11) is 0. The van der Waals surface area contributed by atoms with Crippen LogP contribution in [-0.2, 0) is 0 Å². The van der Waals surface area contributed by atoms with Crippen molar-refractivity contribution in [1.82, 2.24) is 10.1 Å². The van der Waals surface area contributed by atoms with E-state index >= 15 is 0 Å². The van der Waals surface area contributed by atoms with E-state index in [2.05, 4.69) is 26.1 Å². The minimum absolute atomic E-state index is 0.216. The fourth-order valence-electron chi connectivity index (χ4n) is 1.84. The second kappa shape index (κ2) is 5.46. The van der Waals surface area contributed by atoms with Crippen molar-refractivity contribution < 1.29 is 8.91 Å². The van der Waals surface area contributed by atoms with Crippen molar-refractivity contribution in [3.05, 3.63) is 51.7 Å². The molecule has 0 saturated carbocycles. The Kier molecular flexibility index (Phi) is 3.65. The molecule has 0 unspecified atom stereocenters. The first kappa shape index (κ1) is 14.0. The normalized spacial score (nSPS) is 10.8. The smallest absolute Gasteiger partial charge is 0.261 e. The van der Waals surface area contributed by atoms with Crippen LogP contribution in [0.2, 0.25) is 5.02 Å². The maximum Gasteiger partial charge on any atom is 0.261 e. The highest BCUT2D eigenvalue weighted by atomic mass is 79.9. The molecule has 0 fully saturated rings. The molecule has 3 rings (SSSR count). The summed E-state index contributed by atoms with van der Waals surface area (Å²) in [6.07, 6.45) is 0. The van der Waals surface area contributed by atoms with Gasteiger partial charge in [0.2, 0.25) is 5.82 Å². The summed E-state index contributed by atoms with van der Waals surface area (Å²) in [5.41, 5.74) is 7.42. The highest BCUT2D eigenvalue weighted by Crippen LogP contribution is 2.33. The fourth-order valence-corrected chi connectivity index (χ4v) is 2.49. The van der Waals surface area contributed by atoms with Crippen LogP contribution in [-0.4, -0.2) is 10.1 Å². The van der Waals surface area contributed by atoms with Gasteiger partial charge in [-0.3, -0.25) is 0 Å². The molecule has 3 aromatic rings. The molecule has 0 radical (unpaired) electrons. The first-order valence-corrected chi connectivity index (χ1v) is 7.07. The van der Waals surface area contributed by atoms with Crippen LogP contribution in [0, 0.1) is 5.82 Å². The Morgan fingerprint density at radius 1 is 1.24 bits per heavy atom. The van der Waals surface area contributed by atoms with Gasteiger partial charge in [-0.15, -0.1) is 0 Å². The van der Waals surface area contributed by atoms with Gasteiger partial charge in [-0.05, 0) is 46.3 Å². The number of rotatable bonds is 2. The molecule has 0 saturated heterocycles. The Morgan fingerprint density at radius 2 is 2.05 bits per heavy atom. The second-order valence-corrected chi connectivity index (χ2v) is 5.52. The van der Waals surface area contributed by atoms with Gasteiger partial charge in [0, 0.05) is 11.3 Å². The van der Waals surface area contributed by atoms with Crippen molar-refractivity contribution in [2.24, 2.45) is 0 Å². The average molecular weight is 369 g/mol. The number of aromatic nitrogens is 2. The van der Waals surface area contributed by atoms with Crippen LogP contribution in [0.5, 0.6) is 0 Å². The number of hydrogen-bond donors (Lipinski definition) is 1. The Labute approximate surface area is 132 Å². The van der Waals surface area contributed by atoms with Crippen LogP contribution in [0.15, 0.2) is 45.4 Å². The number of benzene rings is 2. The van der Waals surface area contributed by atoms with E-state index in [1.807, 2.05) is 0 Å². The summed E-state index contributed by atoms with van der Waals surface area (Å²) < 4.78 is 18.8. The molecule has 0 aliphatic carbocycles. The van der Waals surface area contributed by atoms with E-state index in [0.717, 1.165) is 0 Å². The first-order valence-electron chi connectivity index (χ1n) is 5.90. The molecule has 2 N–H and O–H groups in total. The van der Waals surface area contributed by atoms with Crippen LogP contribution in [0.25, 0.3) is 22.8 Å². The van der Waals surface area contributed by atoms with E-state index in [-0.39, 0.29) is 11.7 Å². The zero-order chi connectivity index (χ0) is 15.0. The monoisotopic (exact) mass is 367 g/mol. The minimum Gasteiger partial charge on any atom is -0.398 e. The van der Waals surface area contributed by atoms with E-state index in [0.29, 0.717) is 32.1 Å². The van der Waals surface area contributed by atoms with Gasteiger partial charge in [0.1, 0.15) is 5.82 Å². The van der Waals surface area contributed by atoms with E-state index in [9.17, 15) is 4.39 Å². The van der Waals surface area contributed by atoms with Gasteiger partial charge < -0.3 is 10.3 Å². The van der Waals surface area contributed by atoms with Crippen molar-refractivity contribution in [2.75, 3.05) is 5.73 Å². The molecule has 1 aromatic heterocycles. The number of nitrogens with two attached hydrogens (primary N) is 1. The lowest BCUT2D eigenvalue weighted by Gasteiger charge is -2.01. The summed E-state index contributed by atoms with van der Waals surface area (Å²) >= 11 is 9.22. The maximum absolute atomic E-state index is 13.2. The van der Waals surface area contributed by atoms with Gasteiger partial charge in [0.05, 0.1) is 15.1 Å². The van der Waals surface area contributed by atoms with E-state index in [1.54, 1.807) is 30.3 Å². The molecular formula is C14H8BrClFN3O. The lowest BCUT2D eigenvalue weighted by atomic mass is 10.2. The number of halogens is 3. The zero-order valence-electron chi connectivity index (χ0n) is 10.5. The van der Waals surface area contributed by atoms with Gasteiger partial charge in [-0.1, -0.05) is 22.8 Å². The maximum atomic E-state index is 13.2. The molecule has 1 heterocycles. The predicted molar refractivity (Wildman–Crippen MR) is 82.3 cm³/mol. The standard InChI is InChI=1S/C14H8BrClFN3O/c15-8-6-7(4-5-10(8)17)13-19-14(21-20-13)12-9(16)2-1-3-11(12)18/h1-6H,18H2. The lowest BCUT2D eigenvalue weighted by Crippen LogP contribution is -1.91. The summed E-state index contributed by atoms with van der Waals surface area (Å²) in [6.45, 7) is 0. The Bertz CT molecular complexity index is 801. The van der Waals surface area contributed by atoms with Crippen molar-refractivity contribution in [2.45, 2.75) is 0 Å². The van der Waals surface area contributed by atoms with Gasteiger partial charge in [0.15, 0.2) is 0 Å². The van der Waals surface area contributed by atoms with Gasteiger partial charge in [-0.2, -0.15) is 4.98 Å². The molecule has 0 atom stereocenters. The van der Waals surface area contributed by atoms with Crippen molar-refractivity contribution in [3.63, 3.8) is 0 Å². The summed E-state index contributed by atoms with van der Waals surface area (Å²) in [5, 5.41) is 4.29. The molecule has 106 valence electrons. The third-order valence-electron chi connectivity index (χ3n) is 2.86. The number of nitrogen functional groups attached to an aromatic ring is 1. The lowest BCUT2D eigenvalue weighted by molar-refractivity contribution is 0.432. The molecule has 0 aliphatic heterocycles. The third kappa shape index (κ3) is 2.64. The average Bonchev–Trinajstić information content (AvgIpc) is 2.91. The summed E-state index contributed by atoms with van der Waals surface area (Å²) in [4.78, 5) is 4.26. The molecule has 21 heavy (non-hydrogen) atoms. The Hall–Kier alpha value is -1.92. The molecule has 0 aliphatic rings. The molecule has 2 aromatic carbocycles. The molecule has 7 heteroatoms. The van der Waals surface area contributed by atoms with Crippen LogP contribution in [0.4, 0.5) is 10.1 Å². The molecule has 0 spiro atoms. The van der Waals surface area contributed by atoms with Gasteiger partial charge >= 0.3 is 0 Å². The molecule has 0 bridgehead atoms. The zero-order valence-corrected chi connectivity index (χ0v) is 12.8. The number of anilines is 1. The van der Waals surface area contributed by atoms with Crippen LogP contribution >= 0.6 is 27.5 Å². The van der Waals surface area contributed by atoms with E-state index in [1.165, 1.54) is 6.07 Å². The highest BCUT2D eigenvalue weighted by molar-refractivity contribution is 9.10. The third-order valence-corrected chi connectivity index (χ3v) is 3.79. The predicted octanol–water partition coefficient (Wildman–Crippen LogP) is 4.54. The fraction of sp³-hybridized carbons (Fsp3) is 0. The summed E-state index contributed by atoms with van der Waals surface area (Å²) in [5.74, 6) is 0.177. The quantitative estimate of drug-likeness (QED) is 0.674. The van der Waals surface area contributed by atoms with Gasteiger partial charge in [-0.25, -0.2) is 4.39 Å².